The normalized spacial score (nSPS) is 27.4. The highest BCUT2D eigenvalue weighted by Gasteiger charge is 2.47. The van der Waals surface area contributed by atoms with Gasteiger partial charge in [0.1, 0.15) is 13.2 Å². The first-order chi connectivity index (χ1) is 7.63. The Hall–Kier alpha value is -0.820. The van der Waals surface area contributed by atoms with Gasteiger partial charge in [-0.2, -0.15) is 13.2 Å². The van der Waals surface area contributed by atoms with E-state index in [2.05, 4.69) is 10.1 Å². The topological polar surface area (TPSA) is 58.6 Å². The Morgan fingerprint density at radius 3 is 2.53 bits per heavy atom. The van der Waals surface area contributed by atoms with E-state index < -0.39 is 36.8 Å². The molecule has 7 heteroatoms. The molecule has 4 nitrogen and oxygen atoms in total. The molecule has 0 aromatic carbocycles. The number of carbonyl (C=O) groups is 1. The van der Waals surface area contributed by atoms with Crippen LogP contribution in [0.5, 0.6) is 0 Å². The van der Waals surface area contributed by atoms with Gasteiger partial charge in [-0.15, -0.1) is 0 Å². The van der Waals surface area contributed by atoms with Crippen molar-refractivity contribution in [1.82, 2.24) is 5.32 Å². The third kappa shape index (κ3) is 3.85. The highest BCUT2D eigenvalue weighted by molar-refractivity contribution is 5.77. The minimum Gasteiger partial charge on any atom is -0.392 e. The fourth-order valence-electron chi connectivity index (χ4n) is 1.64. The summed E-state index contributed by atoms with van der Waals surface area (Å²) in [6.45, 7) is 1.50. The number of aliphatic hydroxyl groups is 1. The second-order valence-electron chi connectivity index (χ2n) is 4.80. The van der Waals surface area contributed by atoms with E-state index in [0.29, 0.717) is 6.42 Å². The largest absolute Gasteiger partial charge is 0.411 e. The number of alkyl halides is 3. The molecular weight excluding hydrogens is 239 g/mol. The van der Waals surface area contributed by atoms with Crippen LogP contribution in [-0.2, 0) is 9.53 Å². The molecule has 2 N–H and O–H groups in total. The number of aliphatic hydroxyl groups excluding tert-OH is 1. The lowest BCUT2D eigenvalue weighted by atomic mass is 9.64. The zero-order valence-corrected chi connectivity index (χ0v) is 9.67. The zero-order chi connectivity index (χ0) is 13.3. The average Bonchev–Trinajstić information content (AvgIpc) is 2.15. The van der Waals surface area contributed by atoms with Crippen LogP contribution in [0, 0.1) is 5.41 Å². The molecule has 0 aromatic rings. The number of amides is 1. The van der Waals surface area contributed by atoms with E-state index in [1.807, 2.05) is 0 Å². The highest BCUT2D eigenvalue weighted by atomic mass is 19.4. The molecular formula is C10H16F3NO3. The lowest BCUT2D eigenvalue weighted by molar-refractivity contribution is -0.176. The molecule has 1 aliphatic rings. The monoisotopic (exact) mass is 255 g/mol. The standard InChI is InChI=1S/C10H16F3NO3/c1-9(2)6(3-7(9)15)14-8(16)4-17-5-10(11,12)13/h6-7,15H,3-5H2,1-2H3,(H,14,16). The van der Waals surface area contributed by atoms with Gasteiger partial charge in [-0.05, 0) is 6.42 Å². The molecule has 1 fully saturated rings. The van der Waals surface area contributed by atoms with Crippen LogP contribution in [0.4, 0.5) is 13.2 Å². The quantitative estimate of drug-likeness (QED) is 0.782. The number of halogens is 3. The molecule has 1 amide bonds. The minimum absolute atomic E-state index is 0.223. The summed E-state index contributed by atoms with van der Waals surface area (Å²) in [5.41, 5.74) is -0.445. The van der Waals surface area contributed by atoms with E-state index in [9.17, 15) is 23.1 Å². The Balaban J connectivity index is 2.23. The van der Waals surface area contributed by atoms with Gasteiger partial charge in [-0.25, -0.2) is 0 Å². The Labute approximate surface area is 97.1 Å². The van der Waals surface area contributed by atoms with Crippen molar-refractivity contribution in [2.24, 2.45) is 5.41 Å². The summed E-state index contributed by atoms with van der Waals surface area (Å²) in [5, 5.41) is 11.9. The molecule has 2 atom stereocenters. The van der Waals surface area contributed by atoms with Gasteiger partial charge in [-0.1, -0.05) is 13.8 Å². The lowest BCUT2D eigenvalue weighted by Gasteiger charge is -2.49. The number of rotatable bonds is 4. The van der Waals surface area contributed by atoms with Crippen LogP contribution in [0.1, 0.15) is 20.3 Å². The predicted molar refractivity (Wildman–Crippen MR) is 53.2 cm³/mol. The first kappa shape index (κ1) is 14.2. The van der Waals surface area contributed by atoms with E-state index in [0.717, 1.165) is 0 Å². The smallest absolute Gasteiger partial charge is 0.392 e. The van der Waals surface area contributed by atoms with E-state index in [1.54, 1.807) is 13.8 Å². The number of ether oxygens (including phenoxy) is 1. The van der Waals surface area contributed by atoms with Gasteiger partial charge in [0.25, 0.3) is 0 Å². The van der Waals surface area contributed by atoms with Crippen molar-refractivity contribution in [3.63, 3.8) is 0 Å². The van der Waals surface area contributed by atoms with Crippen molar-refractivity contribution in [2.75, 3.05) is 13.2 Å². The average molecular weight is 255 g/mol. The summed E-state index contributed by atoms with van der Waals surface area (Å²) in [6, 6.07) is -0.223. The first-order valence-electron chi connectivity index (χ1n) is 5.25. The van der Waals surface area contributed by atoms with Gasteiger partial charge in [0.15, 0.2) is 0 Å². The molecule has 0 spiro atoms. The molecule has 1 saturated carbocycles. The van der Waals surface area contributed by atoms with Gasteiger partial charge in [0.2, 0.25) is 5.91 Å². The van der Waals surface area contributed by atoms with Gasteiger partial charge in [0, 0.05) is 11.5 Å². The Morgan fingerprint density at radius 2 is 2.12 bits per heavy atom. The van der Waals surface area contributed by atoms with Crippen molar-refractivity contribution < 1.29 is 27.8 Å². The zero-order valence-electron chi connectivity index (χ0n) is 9.67. The van der Waals surface area contributed by atoms with Gasteiger partial charge >= 0.3 is 6.18 Å². The van der Waals surface area contributed by atoms with Crippen LogP contribution in [0.15, 0.2) is 0 Å². The summed E-state index contributed by atoms with van der Waals surface area (Å²) in [5.74, 6) is -0.598. The number of carbonyl (C=O) groups excluding carboxylic acids is 1. The maximum Gasteiger partial charge on any atom is 0.411 e. The Kier molecular flexibility index (Phi) is 4.03. The first-order valence-corrected chi connectivity index (χ1v) is 5.25. The van der Waals surface area contributed by atoms with E-state index in [1.165, 1.54) is 0 Å². The molecule has 2 unspecified atom stereocenters. The van der Waals surface area contributed by atoms with Crippen molar-refractivity contribution in [2.45, 2.75) is 38.6 Å². The lowest BCUT2D eigenvalue weighted by Crippen LogP contribution is -2.61. The van der Waals surface area contributed by atoms with Crippen molar-refractivity contribution in [1.29, 1.82) is 0 Å². The van der Waals surface area contributed by atoms with Crippen LogP contribution < -0.4 is 5.32 Å². The fraction of sp³-hybridized carbons (Fsp3) is 0.900. The van der Waals surface area contributed by atoms with Crippen LogP contribution in [-0.4, -0.2) is 42.5 Å². The third-order valence-corrected chi connectivity index (χ3v) is 3.05. The van der Waals surface area contributed by atoms with E-state index in [-0.39, 0.29) is 6.04 Å². The maximum atomic E-state index is 11.7. The molecule has 100 valence electrons. The number of hydrogen-bond acceptors (Lipinski definition) is 3. The van der Waals surface area contributed by atoms with Crippen LogP contribution >= 0.6 is 0 Å². The van der Waals surface area contributed by atoms with Gasteiger partial charge in [0.05, 0.1) is 6.10 Å². The molecule has 0 heterocycles. The molecule has 1 rings (SSSR count). The maximum absolute atomic E-state index is 11.7. The molecule has 0 aliphatic heterocycles. The number of hydrogen-bond donors (Lipinski definition) is 2. The molecule has 0 saturated heterocycles. The summed E-state index contributed by atoms with van der Waals surface area (Å²) in [6.07, 6.45) is -4.51. The summed E-state index contributed by atoms with van der Waals surface area (Å²) in [7, 11) is 0. The van der Waals surface area contributed by atoms with E-state index >= 15 is 0 Å². The predicted octanol–water partition coefficient (Wildman–Crippen LogP) is 0.841. The van der Waals surface area contributed by atoms with Crippen molar-refractivity contribution >= 4 is 5.91 Å². The van der Waals surface area contributed by atoms with Crippen LogP contribution in [0.2, 0.25) is 0 Å². The third-order valence-electron chi connectivity index (χ3n) is 3.05. The summed E-state index contributed by atoms with van der Waals surface area (Å²) >= 11 is 0. The molecule has 17 heavy (non-hydrogen) atoms. The SMILES string of the molecule is CC1(C)C(O)CC1NC(=O)COCC(F)(F)F. The van der Waals surface area contributed by atoms with Gasteiger partial charge in [-0.3, -0.25) is 4.79 Å². The Bertz CT molecular complexity index is 291. The highest BCUT2D eigenvalue weighted by Crippen LogP contribution is 2.40. The molecule has 0 radical (unpaired) electrons. The van der Waals surface area contributed by atoms with Crippen LogP contribution in [0.3, 0.4) is 0 Å². The summed E-state index contributed by atoms with van der Waals surface area (Å²) in [4.78, 5) is 11.2. The molecule has 0 aromatic heterocycles. The van der Waals surface area contributed by atoms with Gasteiger partial charge < -0.3 is 15.2 Å². The number of nitrogens with one attached hydrogen (secondary N) is 1. The minimum atomic E-state index is -4.42. The fourth-order valence-corrected chi connectivity index (χ4v) is 1.64. The Morgan fingerprint density at radius 1 is 1.53 bits per heavy atom. The van der Waals surface area contributed by atoms with Crippen LogP contribution in [0.25, 0.3) is 0 Å². The second-order valence-corrected chi connectivity index (χ2v) is 4.80. The molecule has 0 bridgehead atoms. The van der Waals surface area contributed by atoms with Crippen molar-refractivity contribution in [3.05, 3.63) is 0 Å². The van der Waals surface area contributed by atoms with E-state index in [4.69, 9.17) is 0 Å². The second kappa shape index (κ2) is 4.81. The summed E-state index contributed by atoms with van der Waals surface area (Å²) < 4.78 is 39.4. The van der Waals surface area contributed by atoms with Crippen molar-refractivity contribution in [3.8, 4) is 0 Å². The molecule has 1 aliphatic carbocycles.